The number of hydrogen-bond donors (Lipinski definition) is 2. The molecule has 0 saturated carbocycles. The minimum absolute atomic E-state index is 0. The number of benzene rings is 1. The number of carbonyl (C=O) groups is 2. The van der Waals surface area contributed by atoms with Crippen molar-refractivity contribution in [2.45, 2.75) is 25.4 Å². The minimum atomic E-state index is -0.618. The van der Waals surface area contributed by atoms with E-state index in [0.717, 1.165) is 5.69 Å². The molecule has 20 heavy (non-hydrogen) atoms. The number of halogens is 2. The maximum Gasteiger partial charge on any atom is 0.249 e. The first-order chi connectivity index (χ1) is 8.99. The number of nitrogens with zero attached hydrogens (tertiary/aromatic N) is 1. The third-order valence-electron chi connectivity index (χ3n) is 3.06. The van der Waals surface area contributed by atoms with Gasteiger partial charge in [-0.05, 0) is 31.5 Å². The van der Waals surface area contributed by atoms with E-state index in [9.17, 15) is 9.59 Å². The number of nitrogens with one attached hydrogen (secondary N) is 1. The van der Waals surface area contributed by atoms with E-state index in [1.54, 1.807) is 30.0 Å². The Labute approximate surface area is 128 Å². The van der Waals surface area contributed by atoms with Gasteiger partial charge in [0.1, 0.15) is 6.04 Å². The molecule has 1 fully saturated rings. The first kappa shape index (κ1) is 16.8. The second kappa shape index (κ2) is 6.92. The summed E-state index contributed by atoms with van der Waals surface area (Å²) >= 11 is 5.91. The molecule has 0 aromatic heterocycles. The van der Waals surface area contributed by atoms with Crippen LogP contribution in [0.25, 0.3) is 0 Å². The lowest BCUT2D eigenvalue weighted by Crippen LogP contribution is -2.47. The van der Waals surface area contributed by atoms with Gasteiger partial charge < -0.3 is 16.0 Å². The molecule has 110 valence electrons. The predicted octanol–water partition coefficient (Wildman–Crippen LogP) is 1.33. The van der Waals surface area contributed by atoms with Gasteiger partial charge in [0.15, 0.2) is 0 Å². The van der Waals surface area contributed by atoms with Gasteiger partial charge in [0.2, 0.25) is 11.8 Å². The molecule has 0 radical (unpaired) electrons. The highest BCUT2D eigenvalue weighted by atomic mass is 35.5. The van der Waals surface area contributed by atoms with Gasteiger partial charge in [-0.3, -0.25) is 9.59 Å². The Morgan fingerprint density at radius 3 is 2.85 bits per heavy atom. The van der Waals surface area contributed by atoms with Gasteiger partial charge in [0, 0.05) is 17.3 Å². The average Bonchev–Trinajstić information content (AvgIpc) is 2.71. The molecule has 1 aromatic rings. The zero-order chi connectivity index (χ0) is 14.0. The highest BCUT2D eigenvalue weighted by Gasteiger charge is 2.33. The van der Waals surface area contributed by atoms with Crippen molar-refractivity contribution < 1.29 is 9.59 Å². The van der Waals surface area contributed by atoms with Crippen LogP contribution in [-0.4, -0.2) is 30.4 Å². The first-order valence-corrected chi connectivity index (χ1v) is 6.49. The smallest absolute Gasteiger partial charge is 0.249 e. The fraction of sp³-hybridized carbons (Fsp3) is 0.385. The summed E-state index contributed by atoms with van der Waals surface area (Å²) in [7, 11) is 0. The van der Waals surface area contributed by atoms with Crippen molar-refractivity contribution >= 4 is 41.5 Å². The fourth-order valence-electron chi connectivity index (χ4n) is 2.02. The SMILES string of the molecule is C[C@@H](N)C(=O)NC1CCN(c2cccc(Cl)c2)C1=O.Cl. The van der Waals surface area contributed by atoms with E-state index in [0.29, 0.717) is 18.0 Å². The van der Waals surface area contributed by atoms with Crippen LogP contribution in [0.4, 0.5) is 5.69 Å². The molecule has 0 bridgehead atoms. The summed E-state index contributed by atoms with van der Waals surface area (Å²) in [5, 5.41) is 3.23. The molecule has 1 unspecified atom stereocenters. The van der Waals surface area contributed by atoms with Crippen molar-refractivity contribution in [3.05, 3.63) is 29.3 Å². The van der Waals surface area contributed by atoms with Gasteiger partial charge in [-0.15, -0.1) is 12.4 Å². The first-order valence-electron chi connectivity index (χ1n) is 6.12. The van der Waals surface area contributed by atoms with Crippen LogP contribution >= 0.6 is 24.0 Å². The second-order valence-corrected chi connectivity index (χ2v) is 5.04. The molecular weight excluding hydrogens is 301 g/mol. The predicted molar refractivity (Wildman–Crippen MR) is 81.3 cm³/mol. The molecule has 1 saturated heterocycles. The third kappa shape index (κ3) is 3.62. The fourth-order valence-corrected chi connectivity index (χ4v) is 2.20. The zero-order valence-electron chi connectivity index (χ0n) is 11.0. The number of amides is 2. The van der Waals surface area contributed by atoms with Crippen molar-refractivity contribution in [3.8, 4) is 0 Å². The molecule has 3 N–H and O–H groups in total. The third-order valence-corrected chi connectivity index (χ3v) is 3.29. The molecule has 2 atom stereocenters. The highest BCUT2D eigenvalue weighted by molar-refractivity contribution is 6.31. The van der Waals surface area contributed by atoms with Crippen molar-refractivity contribution in [2.24, 2.45) is 5.73 Å². The van der Waals surface area contributed by atoms with Crippen LogP contribution < -0.4 is 16.0 Å². The number of carbonyl (C=O) groups excluding carboxylic acids is 2. The normalized spacial score (nSPS) is 19.4. The van der Waals surface area contributed by atoms with Gasteiger partial charge in [-0.2, -0.15) is 0 Å². The Morgan fingerprint density at radius 1 is 1.55 bits per heavy atom. The highest BCUT2D eigenvalue weighted by Crippen LogP contribution is 2.24. The van der Waals surface area contributed by atoms with E-state index in [1.807, 2.05) is 6.07 Å². The largest absolute Gasteiger partial charge is 0.343 e. The molecule has 1 aromatic carbocycles. The molecule has 0 spiro atoms. The van der Waals surface area contributed by atoms with Gasteiger partial charge >= 0.3 is 0 Å². The van der Waals surface area contributed by atoms with Crippen molar-refractivity contribution in [1.29, 1.82) is 0 Å². The van der Waals surface area contributed by atoms with Crippen LogP contribution in [0.3, 0.4) is 0 Å². The Hall–Kier alpha value is -1.30. The molecule has 0 aliphatic carbocycles. The van der Waals surface area contributed by atoms with E-state index < -0.39 is 12.1 Å². The lowest BCUT2D eigenvalue weighted by molar-refractivity contribution is -0.127. The van der Waals surface area contributed by atoms with Crippen LogP contribution in [0, 0.1) is 0 Å². The Balaban J connectivity index is 0.00000200. The molecule has 1 aliphatic rings. The molecule has 1 heterocycles. The summed E-state index contributed by atoms with van der Waals surface area (Å²) in [6.07, 6.45) is 0.573. The average molecular weight is 318 g/mol. The summed E-state index contributed by atoms with van der Waals surface area (Å²) < 4.78 is 0. The molecule has 2 rings (SSSR count). The zero-order valence-corrected chi connectivity index (χ0v) is 12.6. The van der Waals surface area contributed by atoms with Crippen LogP contribution in [0.5, 0.6) is 0 Å². The maximum atomic E-state index is 12.2. The van der Waals surface area contributed by atoms with Crippen molar-refractivity contribution in [1.82, 2.24) is 5.32 Å². The molecule has 2 amide bonds. The monoisotopic (exact) mass is 317 g/mol. The van der Waals surface area contributed by atoms with Crippen LogP contribution in [-0.2, 0) is 9.59 Å². The standard InChI is InChI=1S/C13H16ClN3O2.ClH/c1-8(15)12(18)16-11-5-6-17(13(11)19)10-4-2-3-9(14)7-10;/h2-4,7-8,11H,5-6,15H2,1H3,(H,16,18);1H/t8-,11?;/m1./s1. The minimum Gasteiger partial charge on any atom is -0.343 e. The molecule has 1 aliphatic heterocycles. The summed E-state index contributed by atoms with van der Waals surface area (Å²) in [6.45, 7) is 2.15. The van der Waals surface area contributed by atoms with E-state index in [1.165, 1.54) is 0 Å². The summed E-state index contributed by atoms with van der Waals surface area (Å²) in [5.74, 6) is -0.442. The second-order valence-electron chi connectivity index (χ2n) is 4.61. The van der Waals surface area contributed by atoms with Crippen molar-refractivity contribution in [3.63, 3.8) is 0 Å². The molecular formula is C13H17Cl2N3O2. The quantitative estimate of drug-likeness (QED) is 0.883. The number of rotatable bonds is 3. The van der Waals surface area contributed by atoms with E-state index in [4.69, 9.17) is 17.3 Å². The van der Waals surface area contributed by atoms with E-state index >= 15 is 0 Å². The number of nitrogens with two attached hydrogens (primary N) is 1. The number of hydrogen-bond acceptors (Lipinski definition) is 3. The van der Waals surface area contributed by atoms with Gasteiger partial charge in [-0.25, -0.2) is 0 Å². The number of anilines is 1. The molecule has 7 heteroatoms. The van der Waals surface area contributed by atoms with Crippen LogP contribution in [0.2, 0.25) is 5.02 Å². The maximum absolute atomic E-state index is 12.2. The summed E-state index contributed by atoms with van der Waals surface area (Å²) in [6, 6.07) is 5.97. The lowest BCUT2D eigenvalue weighted by atomic mass is 10.2. The van der Waals surface area contributed by atoms with Crippen molar-refractivity contribution in [2.75, 3.05) is 11.4 Å². The van der Waals surface area contributed by atoms with Gasteiger partial charge in [-0.1, -0.05) is 17.7 Å². The Morgan fingerprint density at radius 2 is 2.25 bits per heavy atom. The Kier molecular flexibility index (Phi) is 5.80. The Bertz CT molecular complexity index is 508. The molecule has 5 nitrogen and oxygen atoms in total. The van der Waals surface area contributed by atoms with E-state index in [-0.39, 0.29) is 24.2 Å². The summed E-state index contributed by atoms with van der Waals surface area (Å²) in [4.78, 5) is 25.3. The van der Waals surface area contributed by atoms with Gasteiger partial charge in [0.25, 0.3) is 0 Å². The summed E-state index contributed by atoms with van der Waals surface area (Å²) in [5.41, 5.74) is 6.22. The van der Waals surface area contributed by atoms with E-state index in [2.05, 4.69) is 5.32 Å². The van der Waals surface area contributed by atoms with Gasteiger partial charge in [0.05, 0.1) is 6.04 Å². The topological polar surface area (TPSA) is 75.4 Å². The van der Waals surface area contributed by atoms with Crippen LogP contribution in [0.1, 0.15) is 13.3 Å². The van der Waals surface area contributed by atoms with Crippen LogP contribution in [0.15, 0.2) is 24.3 Å². The lowest BCUT2D eigenvalue weighted by Gasteiger charge is -2.18.